The molecular weight excluding hydrogens is 224 g/mol. The number of aromatic carboxylic acids is 1. The molecule has 1 aromatic rings. The van der Waals surface area contributed by atoms with Gasteiger partial charge < -0.3 is 9.67 Å². The fourth-order valence-electron chi connectivity index (χ4n) is 0.989. The van der Waals surface area contributed by atoms with Gasteiger partial charge in [-0.15, -0.1) is 0 Å². The minimum absolute atomic E-state index is 0.0666. The summed E-state index contributed by atoms with van der Waals surface area (Å²) in [5, 5.41) is 8.72. The van der Waals surface area contributed by atoms with E-state index in [1.165, 1.54) is 6.20 Å². The van der Waals surface area contributed by atoms with E-state index in [0.717, 1.165) is 0 Å². The molecule has 0 saturated heterocycles. The lowest BCUT2D eigenvalue weighted by Crippen LogP contribution is -2.11. The van der Waals surface area contributed by atoms with Crippen molar-refractivity contribution < 1.29 is 9.90 Å². The number of rotatable bonds is 2. The predicted octanol–water partition coefficient (Wildman–Crippen LogP) is 1.92. The number of halogens is 1. The molecule has 66 valence electrons. The monoisotopic (exact) mass is 232 g/mol. The lowest BCUT2D eigenvalue weighted by molar-refractivity contribution is 0.0676. The number of carboxylic acids is 1. The van der Waals surface area contributed by atoms with Crippen LogP contribution in [0.4, 0.5) is 0 Å². The highest BCUT2D eigenvalue weighted by atomic mass is 79.9. The standard InChI is InChI=1S/C7H9BrN2O2/c1-4(2)10-5(8)3-9-6(10)7(11)12/h3-4H,1-2H3,(H,11,12). The van der Waals surface area contributed by atoms with Crippen molar-refractivity contribution >= 4 is 21.9 Å². The zero-order chi connectivity index (χ0) is 9.30. The van der Waals surface area contributed by atoms with Gasteiger partial charge in [-0.3, -0.25) is 0 Å². The van der Waals surface area contributed by atoms with Crippen LogP contribution in [0.25, 0.3) is 0 Å². The largest absolute Gasteiger partial charge is 0.475 e. The topological polar surface area (TPSA) is 55.1 Å². The van der Waals surface area contributed by atoms with E-state index in [-0.39, 0.29) is 11.9 Å². The molecule has 4 nitrogen and oxygen atoms in total. The first-order valence-corrected chi connectivity index (χ1v) is 4.29. The second-order valence-corrected chi connectivity index (χ2v) is 3.49. The summed E-state index contributed by atoms with van der Waals surface area (Å²) in [7, 11) is 0. The molecule has 0 aliphatic heterocycles. The van der Waals surface area contributed by atoms with Crippen molar-refractivity contribution in [3.05, 3.63) is 16.6 Å². The summed E-state index contributed by atoms with van der Waals surface area (Å²) in [6.45, 7) is 3.80. The number of carbonyl (C=O) groups is 1. The van der Waals surface area contributed by atoms with Gasteiger partial charge in [0.15, 0.2) is 0 Å². The summed E-state index contributed by atoms with van der Waals surface area (Å²) < 4.78 is 2.30. The van der Waals surface area contributed by atoms with Gasteiger partial charge in [0.05, 0.1) is 6.20 Å². The Labute approximate surface area is 78.4 Å². The first-order valence-electron chi connectivity index (χ1n) is 3.50. The van der Waals surface area contributed by atoms with Gasteiger partial charge in [-0.2, -0.15) is 0 Å². The van der Waals surface area contributed by atoms with Gasteiger partial charge in [0, 0.05) is 6.04 Å². The molecule has 0 amide bonds. The van der Waals surface area contributed by atoms with Crippen LogP contribution in [-0.4, -0.2) is 20.6 Å². The summed E-state index contributed by atoms with van der Waals surface area (Å²) in [6, 6.07) is 0.0907. The Kier molecular flexibility index (Phi) is 2.52. The molecule has 0 spiro atoms. The van der Waals surface area contributed by atoms with E-state index >= 15 is 0 Å². The van der Waals surface area contributed by atoms with Crippen LogP contribution in [0, 0.1) is 0 Å². The molecule has 0 aliphatic rings. The second kappa shape index (κ2) is 3.26. The molecule has 0 atom stereocenters. The molecule has 1 aromatic heterocycles. The van der Waals surface area contributed by atoms with Crippen LogP contribution >= 0.6 is 15.9 Å². The van der Waals surface area contributed by atoms with Crippen molar-refractivity contribution in [1.82, 2.24) is 9.55 Å². The van der Waals surface area contributed by atoms with Gasteiger partial charge in [-0.25, -0.2) is 9.78 Å². The van der Waals surface area contributed by atoms with E-state index in [2.05, 4.69) is 20.9 Å². The van der Waals surface area contributed by atoms with E-state index in [1.807, 2.05) is 13.8 Å². The molecule has 1 N–H and O–H groups in total. The Morgan fingerprint density at radius 1 is 1.75 bits per heavy atom. The highest BCUT2D eigenvalue weighted by Crippen LogP contribution is 2.18. The Bertz CT molecular complexity index is 306. The van der Waals surface area contributed by atoms with E-state index in [9.17, 15) is 4.79 Å². The predicted molar refractivity (Wildman–Crippen MR) is 47.3 cm³/mol. The highest BCUT2D eigenvalue weighted by molar-refractivity contribution is 9.10. The number of imidazole rings is 1. The maximum absolute atomic E-state index is 10.6. The van der Waals surface area contributed by atoms with Crippen molar-refractivity contribution in [1.29, 1.82) is 0 Å². The maximum atomic E-state index is 10.6. The SMILES string of the molecule is CC(C)n1c(Br)cnc1C(=O)O. The van der Waals surface area contributed by atoms with E-state index in [1.54, 1.807) is 4.57 Å². The molecule has 0 aliphatic carbocycles. The molecule has 1 rings (SSSR count). The first kappa shape index (κ1) is 9.25. The van der Waals surface area contributed by atoms with Gasteiger partial charge in [-0.05, 0) is 29.8 Å². The normalized spacial score (nSPS) is 10.7. The third kappa shape index (κ3) is 1.50. The molecule has 0 unspecified atom stereocenters. The fourth-order valence-corrected chi connectivity index (χ4v) is 1.67. The zero-order valence-corrected chi connectivity index (χ0v) is 8.37. The molecule has 12 heavy (non-hydrogen) atoms. The third-order valence-electron chi connectivity index (χ3n) is 1.46. The van der Waals surface area contributed by atoms with Gasteiger partial charge in [-0.1, -0.05) is 0 Å². The van der Waals surface area contributed by atoms with Gasteiger partial charge in [0.25, 0.3) is 0 Å². The molecule has 0 radical (unpaired) electrons. The minimum Gasteiger partial charge on any atom is -0.475 e. The Balaban J connectivity index is 3.21. The Morgan fingerprint density at radius 2 is 2.33 bits per heavy atom. The zero-order valence-electron chi connectivity index (χ0n) is 6.78. The van der Waals surface area contributed by atoms with E-state index in [4.69, 9.17) is 5.11 Å². The smallest absolute Gasteiger partial charge is 0.372 e. The second-order valence-electron chi connectivity index (χ2n) is 2.67. The average molecular weight is 233 g/mol. The van der Waals surface area contributed by atoms with Gasteiger partial charge in [0.1, 0.15) is 4.60 Å². The van der Waals surface area contributed by atoms with Crippen LogP contribution in [0.15, 0.2) is 10.8 Å². The quantitative estimate of drug-likeness (QED) is 0.848. The van der Waals surface area contributed by atoms with E-state index in [0.29, 0.717) is 4.60 Å². The third-order valence-corrected chi connectivity index (χ3v) is 2.05. The summed E-state index contributed by atoms with van der Waals surface area (Å²) in [4.78, 5) is 14.4. The van der Waals surface area contributed by atoms with Crippen LogP contribution in [0.3, 0.4) is 0 Å². The molecule has 5 heteroatoms. The molecule has 1 heterocycles. The fraction of sp³-hybridized carbons (Fsp3) is 0.429. The van der Waals surface area contributed by atoms with Gasteiger partial charge in [0.2, 0.25) is 5.82 Å². The molecule has 0 aromatic carbocycles. The van der Waals surface area contributed by atoms with Crippen LogP contribution in [-0.2, 0) is 0 Å². The minimum atomic E-state index is -1.01. The van der Waals surface area contributed by atoms with Crippen molar-refractivity contribution in [2.24, 2.45) is 0 Å². The summed E-state index contributed by atoms with van der Waals surface area (Å²) >= 11 is 3.22. The van der Waals surface area contributed by atoms with Crippen molar-refractivity contribution in [3.63, 3.8) is 0 Å². The number of carboxylic acid groups (broad SMARTS) is 1. The maximum Gasteiger partial charge on any atom is 0.372 e. The van der Waals surface area contributed by atoms with Crippen LogP contribution in [0.1, 0.15) is 30.5 Å². The van der Waals surface area contributed by atoms with Crippen LogP contribution in [0.5, 0.6) is 0 Å². The molecule has 0 saturated carbocycles. The summed E-state index contributed by atoms with van der Waals surface area (Å²) in [5.74, 6) is -0.939. The first-order chi connectivity index (χ1) is 5.54. The van der Waals surface area contributed by atoms with E-state index < -0.39 is 5.97 Å². The number of hydrogen-bond acceptors (Lipinski definition) is 2. The molecule has 0 bridgehead atoms. The van der Waals surface area contributed by atoms with Crippen molar-refractivity contribution in [2.75, 3.05) is 0 Å². The van der Waals surface area contributed by atoms with Crippen molar-refractivity contribution in [2.45, 2.75) is 19.9 Å². The Hall–Kier alpha value is -0.840. The lowest BCUT2D eigenvalue weighted by atomic mass is 10.4. The lowest BCUT2D eigenvalue weighted by Gasteiger charge is -2.09. The highest BCUT2D eigenvalue weighted by Gasteiger charge is 2.16. The Morgan fingerprint density at radius 3 is 2.67 bits per heavy atom. The molecular formula is C7H9BrN2O2. The molecule has 0 fully saturated rings. The summed E-state index contributed by atoms with van der Waals surface area (Å²) in [5.41, 5.74) is 0. The van der Waals surface area contributed by atoms with Gasteiger partial charge >= 0.3 is 5.97 Å². The summed E-state index contributed by atoms with van der Waals surface area (Å²) in [6.07, 6.45) is 1.49. The average Bonchev–Trinajstić information content (AvgIpc) is 2.30. The number of aromatic nitrogens is 2. The number of hydrogen-bond donors (Lipinski definition) is 1. The van der Waals surface area contributed by atoms with Crippen LogP contribution in [0.2, 0.25) is 0 Å². The van der Waals surface area contributed by atoms with Crippen molar-refractivity contribution in [3.8, 4) is 0 Å². The van der Waals surface area contributed by atoms with Crippen LogP contribution < -0.4 is 0 Å². The number of nitrogens with zero attached hydrogens (tertiary/aromatic N) is 2.